The summed E-state index contributed by atoms with van der Waals surface area (Å²) in [7, 11) is 0. The molecular weight excluding hydrogens is 909 g/mol. The number of rotatable bonds is 60. The van der Waals surface area contributed by atoms with E-state index in [-0.39, 0.29) is 25.2 Å². The van der Waals surface area contributed by atoms with Gasteiger partial charge in [0.1, 0.15) is 6.61 Å². The lowest BCUT2D eigenvalue weighted by molar-refractivity contribution is -0.161. The van der Waals surface area contributed by atoms with Crippen molar-refractivity contribution in [2.75, 3.05) is 13.2 Å². The monoisotopic (exact) mass is 1030 g/mol. The molecule has 0 fully saturated rings. The van der Waals surface area contributed by atoms with Crippen molar-refractivity contribution in [1.29, 1.82) is 0 Å². The summed E-state index contributed by atoms with van der Waals surface area (Å²) in [6.07, 6.45) is 89.1. The highest BCUT2D eigenvalue weighted by Gasteiger charge is 2.16. The zero-order valence-electron chi connectivity index (χ0n) is 49.4. The Kier molecular flexibility index (Phi) is 62.3. The predicted octanol–water partition coefficient (Wildman–Crippen LogP) is 22.3. The van der Waals surface area contributed by atoms with Gasteiger partial charge in [0.25, 0.3) is 0 Å². The smallest absolute Gasteiger partial charge is 0.306 e. The highest BCUT2D eigenvalue weighted by Crippen LogP contribution is 2.18. The molecule has 0 aliphatic heterocycles. The zero-order chi connectivity index (χ0) is 53.4. The quantitative estimate of drug-likeness (QED) is 0.0373. The van der Waals surface area contributed by atoms with Crippen LogP contribution in [0.25, 0.3) is 0 Å². The van der Waals surface area contributed by atoms with E-state index >= 15 is 0 Å². The van der Waals surface area contributed by atoms with Crippen LogP contribution in [0, 0.1) is 0 Å². The molecule has 0 heterocycles. The van der Waals surface area contributed by atoms with Gasteiger partial charge in [0.15, 0.2) is 6.10 Å². The summed E-state index contributed by atoms with van der Waals surface area (Å²) in [5.41, 5.74) is 0. The topological polar surface area (TPSA) is 72.8 Å². The molecule has 0 aromatic rings. The lowest BCUT2D eigenvalue weighted by Crippen LogP contribution is -2.28. The van der Waals surface area contributed by atoms with Crippen LogP contribution < -0.4 is 0 Å². The second-order valence-electron chi connectivity index (χ2n) is 21.8. The summed E-state index contributed by atoms with van der Waals surface area (Å²) in [6, 6.07) is 0. The summed E-state index contributed by atoms with van der Waals surface area (Å²) in [5.74, 6) is -0.573. The highest BCUT2D eigenvalue weighted by atomic mass is 16.6. The lowest BCUT2D eigenvalue weighted by Gasteiger charge is -2.15. The van der Waals surface area contributed by atoms with Crippen LogP contribution in [0.15, 0.2) is 72.9 Å². The number of aliphatic hydroxyl groups is 1. The molecule has 430 valence electrons. The Balaban J connectivity index is 3.44. The van der Waals surface area contributed by atoms with Gasteiger partial charge in [-0.05, 0) is 64.2 Å². The van der Waals surface area contributed by atoms with Gasteiger partial charge in [0.2, 0.25) is 0 Å². The van der Waals surface area contributed by atoms with Crippen LogP contribution in [0.3, 0.4) is 0 Å². The van der Waals surface area contributed by atoms with Gasteiger partial charge in [-0.2, -0.15) is 0 Å². The van der Waals surface area contributed by atoms with Crippen LogP contribution in [0.5, 0.6) is 0 Å². The van der Waals surface area contributed by atoms with Crippen molar-refractivity contribution in [3.63, 3.8) is 0 Å². The van der Waals surface area contributed by atoms with Crippen LogP contribution in [0.2, 0.25) is 0 Å². The summed E-state index contributed by atoms with van der Waals surface area (Å²) in [5, 5.41) is 9.69. The maximum atomic E-state index is 12.3. The molecule has 0 spiro atoms. The number of hydrogen-bond acceptors (Lipinski definition) is 5. The molecule has 0 aromatic heterocycles. The minimum absolute atomic E-state index is 0.0621. The fraction of sp³-hybridized carbons (Fsp3) is 0.797. The first-order chi connectivity index (χ1) is 36.6. The average Bonchev–Trinajstić information content (AvgIpc) is 3.40. The number of unbranched alkanes of at least 4 members (excludes halogenated alkanes) is 40. The van der Waals surface area contributed by atoms with Crippen molar-refractivity contribution in [3.8, 4) is 0 Å². The number of aliphatic hydroxyl groups excluding tert-OH is 1. The third kappa shape index (κ3) is 61.9. The molecule has 0 amide bonds. The van der Waals surface area contributed by atoms with E-state index in [4.69, 9.17) is 9.47 Å². The van der Waals surface area contributed by atoms with Crippen LogP contribution in [0.1, 0.15) is 335 Å². The Morgan fingerprint density at radius 3 is 0.878 bits per heavy atom. The molecule has 0 saturated carbocycles. The molecule has 74 heavy (non-hydrogen) atoms. The second-order valence-corrected chi connectivity index (χ2v) is 21.8. The summed E-state index contributed by atoms with van der Waals surface area (Å²) in [4.78, 5) is 24.6. The Hall–Kier alpha value is -2.66. The molecular formula is C69H124O5. The summed E-state index contributed by atoms with van der Waals surface area (Å²) < 4.78 is 10.7. The number of carbonyl (C=O) groups is 2. The zero-order valence-corrected chi connectivity index (χ0v) is 49.4. The van der Waals surface area contributed by atoms with Crippen molar-refractivity contribution in [2.45, 2.75) is 341 Å². The summed E-state index contributed by atoms with van der Waals surface area (Å²) >= 11 is 0. The largest absolute Gasteiger partial charge is 0.462 e. The molecule has 0 rings (SSSR count). The molecule has 1 unspecified atom stereocenters. The second kappa shape index (κ2) is 64.6. The van der Waals surface area contributed by atoms with Gasteiger partial charge >= 0.3 is 11.9 Å². The van der Waals surface area contributed by atoms with Crippen LogP contribution in [-0.4, -0.2) is 36.4 Å². The van der Waals surface area contributed by atoms with Crippen molar-refractivity contribution < 1.29 is 24.2 Å². The van der Waals surface area contributed by atoms with E-state index in [1.165, 1.54) is 238 Å². The number of carbonyl (C=O) groups excluding carboxylic acids is 2. The normalized spacial score (nSPS) is 12.6. The van der Waals surface area contributed by atoms with Gasteiger partial charge in [0, 0.05) is 12.8 Å². The van der Waals surface area contributed by atoms with Crippen molar-refractivity contribution in [3.05, 3.63) is 72.9 Å². The highest BCUT2D eigenvalue weighted by molar-refractivity contribution is 5.70. The number of allylic oxidation sites excluding steroid dienone is 12. The molecule has 5 heteroatoms. The maximum absolute atomic E-state index is 12.3. The van der Waals surface area contributed by atoms with E-state index < -0.39 is 6.10 Å². The first kappa shape index (κ1) is 71.3. The molecule has 1 N–H and O–H groups in total. The van der Waals surface area contributed by atoms with E-state index in [1.54, 1.807) is 0 Å². The van der Waals surface area contributed by atoms with Crippen LogP contribution in [0.4, 0.5) is 0 Å². The number of hydrogen-bond donors (Lipinski definition) is 1. The minimum atomic E-state index is -0.773. The van der Waals surface area contributed by atoms with Crippen molar-refractivity contribution >= 4 is 11.9 Å². The van der Waals surface area contributed by atoms with E-state index in [0.717, 1.165) is 70.6 Å². The van der Waals surface area contributed by atoms with Crippen molar-refractivity contribution in [1.82, 2.24) is 0 Å². The molecule has 0 aliphatic carbocycles. The minimum Gasteiger partial charge on any atom is -0.462 e. The molecule has 1 atom stereocenters. The molecule has 5 nitrogen and oxygen atoms in total. The Labute approximate surface area is 461 Å². The fourth-order valence-electron chi connectivity index (χ4n) is 9.68. The predicted molar refractivity (Wildman–Crippen MR) is 325 cm³/mol. The average molecular weight is 1030 g/mol. The van der Waals surface area contributed by atoms with Crippen LogP contribution >= 0.6 is 0 Å². The van der Waals surface area contributed by atoms with E-state index in [0.29, 0.717) is 12.8 Å². The Morgan fingerprint density at radius 2 is 0.581 bits per heavy atom. The first-order valence-corrected chi connectivity index (χ1v) is 32.5. The third-order valence-corrected chi connectivity index (χ3v) is 14.5. The number of esters is 2. The molecule has 0 bridgehead atoms. The SMILES string of the molecule is CC/C=C\C/C=C\C/C=C\C/C=C\C/C=C\C/C=C\CCCCCCCCCCCCCCCCCCC(=O)OC(CO)COC(=O)CCCCCCCCCCCCCCCCCCCCCCCCCCC. The number of ether oxygens (including phenoxy) is 2. The van der Waals surface area contributed by atoms with Gasteiger partial charge < -0.3 is 14.6 Å². The van der Waals surface area contributed by atoms with E-state index in [9.17, 15) is 14.7 Å². The van der Waals surface area contributed by atoms with Crippen LogP contribution in [-0.2, 0) is 19.1 Å². The Bertz CT molecular complexity index is 1310. The molecule has 0 radical (unpaired) electrons. The van der Waals surface area contributed by atoms with E-state index in [2.05, 4.69) is 86.8 Å². The fourth-order valence-corrected chi connectivity index (χ4v) is 9.68. The standard InChI is InChI=1S/C69H124O5/c1-3-5-7-9-11-13-15-17-19-21-23-25-27-29-30-31-32-33-34-35-36-37-38-40-42-44-46-48-50-52-54-56-58-60-62-64-69(72)74-67(65-70)66-73-68(71)63-61-59-57-55-53-51-49-47-45-43-41-39-28-26-24-22-20-18-16-14-12-10-8-6-4-2/h5,7,11,13,17,19,23,25,29-30,32-33,67,70H,3-4,6,8-10,12,14-16,18,20-22,24,26-28,31,34-66H2,1-2H3/b7-5-,13-11-,19-17-,25-23-,30-29-,33-32-. The molecule has 0 aliphatic rings. The third-order valence-electron chi connectivity index (χ3n) is 14.5. The maximum Gasteiger partial charge on any atom is 0.306 e. The lowest BCUT2D eigenvalue weighted by atomic mass is 10.0. The molecule has 0 aromatic carbocycles. The van der Waals surface area contributed by atoms with Gasteiger partial charge in [-0.25, -0.2) is 0 Å². The Morgan fingerprint density at radius 1 is 0.324 bits per heavy atom. The van der Waals surface area contributed by atoms with Gasteiger partial charge in [-0.1, -0.05) is 331 Å². The van der Waals surface area contributed by atoms with Gasteiger partial charge in [-0.15, -0.1) is 0 Å². The van der Waals surface area contributed by atoms with Crippen molar-refractivity contribution in [2.24, 2.45) is 0 Å². The first-order valence-electron chi connectivity index (χ1n) is 32.5. The molecule has 0 saturated heterocycles. The van der Waals surface area contributed by atoms with Gasteiger partial charge in [0.05, 0.1) is 6.61 Å². The summed E-state index contributed by atoms with van der Waals surface area (Å²) in [6.45, 7) is 4.07. The van der Waals surface area contributed by atoms with Gasteiger partial charge in [-0.3, -0.25) is 9.59 Å². The van der Waals surface area contributed by atoms with E-state index in [1.807, 2.05) is 0 Å².